The number of nitrogens with one attached hydrogen (secondary N) is 2. The van der Waals surface area contributed by atoms with Gasteiger partial charge in [0.15, 0.2) is 5.82 Å². The van der Waals surface area contributed by atoms with E-state index >= 15 is 0 Å². The Morgan fingerprint density at radius 1 is 1.29 bits per heavy atom. The normalized spacial score (nSPS) is 30.1. The zero-order valence-electron chi connectivity index (χ0n) is 9.24. The molecule has 2 aliphatic rings. The fourth-order valence-corrected chi connectivity index (χ4v) is 2.65. The van der Waals surface area contributed by atoms with Gasteiger partial charge in [0, 0.05) is 6.04 Å². The van der Waals surface area contributed by atoms with Crippen LogP contribution >= 0.6 is 0 Å². The summed E-state index contributed by atoms with van der Waals surface area (Å²) < 4.78 is 27.8. The Morgan fingerprint density at radius 3 is 2.71 bits per heavy atom. The average Bonchev–Trinajstić information content (AvgIpc) is 2.94. The zero-order chi connectivity index (χ0) is 11.9. The lowest BCUT2D eigenvalue weighted by Crippen LogP contribution is -2.48. The molecule has 1 saturated heterocycles. The van der Waals surface area contributed by atoms with Crippen LogP contribution in [0.4, 0.5) is 8.78 Å². The highest BCUT2D eigenvalue weighted by Crippen LogP contribution is 2.40. The SMILES string of the molecule is FC1(F)CC(c2nn[nH]n2)NN1C1CCCC1. The third-order valence-electron chi connectivity index (χ3n) is 3.46. The lowest BCUT2D eigenvalue weighted by atomic mass is 10.2. The van der Waals surface area contributed by atoms with Gasteiger partial charge in [0.05, 0.1) is 12.5 Å². The molecule has 1 aliphatic carbocycles. The summed E-state index contributed by atoms with van der Waals surface area (Å²) in [4.78, 5) is 0. The van der Waals surface area contributed by atoms with Crippen molar-refractivity contribution in [2.45, 2.75) is 50.2 Å². The van der Waals surface area contributed by atoms with Crippen molar-refractivity contribution in [1.82, 2.24) is 31.1 Å². The predicted octanol–water partition coefficient (Wildman–Crippen LogP) is 0.986. The molecule has 3 rings (SSSR count). The number of hydrazine groups is 1. The van der Waals surface area contributed by atoms with Crippen molar-refractivity contribution in [3.63, 3.8) is 0 Å². The molecule has 1 unspecified atom stereocenters. The van der Waals surface area contributed by atoms with Gasteiger partial charge in [0.25, 0.3) is 0 Å². The second-order valence-corrected chi connectivity index (χ2v) is 4.63. The molecule has 0 spiro atoms. The Labute approximate surface area is 96.7 Å². The molecular formula is C9H14F2N6. The van der Waals surface area contributed by atoms with Gasteiger partial charge in [0.2, 0.25) is 0 Å². The molecule has 8 heteroatoms. The molecule has 1 aliphatic heterocycles. The van der Waals surface area contributed by atoms with Gasteiger partial charge in [-0.15, -0.1) is 10.2 Å². The number of alkyl halides is 2. The first-order chi connectivity index (χ1) is 8.17. The van der Waals surface area contributed by atoms with Crippen LogP contribution in [-0.2, 0) is 0 Å². The third-order valence-corrected chi connectivity index (χ3v) is 3.46. The predicted molar refractivity (Wildman–Crippen MR) is 53.7 cm³/mol. The summed E-state index contributed by atoms with van der Waals surface area (Å²) in [6.45, 7) is 0. The van der Waals surface area contributed by atoms with Crippen molar-refractivity contribution in [3.05, 3.63) is 5.82 Å². The van der Waals surface area contributed by atoms with E-state index in [1.165, 1.54) is 0 Å². The largest absolute Gasteiger partial charge is 0.319 e. The molecule has 2 N–H and O–H groups in total. The summed E-state index contributed by atoms with van der Waals surface area (Å²) >= 11 is 0. The molecule has 2 heterocycles. The number of H-pyrrole nitrogens is 1. The maximum atomic E-state index is 13.9. The number of aromatic amines is 1. The van der Waals surface area contributed by atoms with Gasteiger partial charge < -0.3 is 0 Å². The Bertz CT molecular complexity index is 375. The van der Waals surface area contributed by atoms with Gasteiger partial charge in [-0.25, -0.2) is 5.43 Å². The summed E-state index contributed by atoms with van der Waals surface area (Å²) in [6.07, 6.45) is 3.38. The molecule has 0 amide bonds. The standard InChI is InChI=1S/C9H14F2N6/c10-9(11)5-7(8-12-15-16-13-8)14-17(9)6-3-1-2-4-6/h6-7,14H,1-5H2,(H,12,13,15,16). The second kappa shape index (κ2) is 3.95. The van der Waals surface area contributed by atoms with E-state index in [0.29, 0.717) is 5.82 Å². The van der Waals surface area contributed by atoms with Gasteiger partial charge in [0.1, 0.15) is 0 Å². The van der Waals surface area contributed by atoms with Crippen LogP contribution in [0.15, 0.2) is 0 Å². The van der Waals surface area contributed by atoms with Crippen LogP contribution in [0.3, 0.4) is 0 Å². The van der Waals surface area contributed by atoms with Crippen molar-refractivity contribution >= 4 is 0 Å². The second-order valence-electron chi connectivity index (χ2n) is 4.63. The van der Waals surface area contributed by atoms with Gasteiger partial charge in [-0.1, -0.05) is 18.1 Å². The number of tetrazole rings is 1. The Hall–Kier alpha value is -1.15. The molecule has 94 valence electrons. The van der Waals surface area contributed by atoms with Crippen molar-refractivity contribution in [2.24, 2.45) is 0 Å². The van der Waals surface area contributed by atoms with Crippen molar-refractivity contribution in [3.8, 4) is 0 Å². The van der Waals surface area contributed by atoms with Crippen LogP contribution in [0.1, 0.15) is 44.0 Å². The average molecular weight is 244 g/mol. The summed E-state index contributed by atoms with van der Waals surface area (Å²) in [7, 11) is 0. The number of rotatable bonds is 2. The molecule has 1 saturated carbocycles. The third kappa shape index (κ3) is 1.91. The molecule has 0 radical (unpaired) electrons. The van der Waals surface area contributed by atoms with Gasteiger partial charge in [-0.3, -0.25) is 0 Å². The van der Waals surface area contributed by atoms with E-state index in [0.717, 1.165) is 30.7 Å². The number of nitrogens with zero attached hydrogens (tertiary/aromatic N) is 4. The molecule has 2 fully saturated rings. The number of halogens is 2. The van der Waals surface area contributed by atoms with Crippen LogP contribution in [0.5, 0.6) is 0 Å². The Morgan fingerprint density at radius 2 is 2.06 bits per heavy atom. The molecule has 0 aromatic carbocycles. The fraction of sp³-hybridized carbons (Fsp3) is 0.889. The topological polar surface area (TPSA) is 69.7 Å². The van der Waals surface area contributed by atoms with E-state index in [9.17, 15) is 8.78 Å². The summed E-state index contributed by atoms with van der Waals surface area (Å²) in [5.74, 6) is 0.296. The summed E-state index contributed by atoms with van der Waals surface area (Å²) in [5.41, 5.74) is 2.82. The fourth-order valence-electron chi connectivity index (χ4n) is 2.65. The Kier molecular flexibility index (Phi) is 2.55. The summed E-state index contributed by atoms with van der Waals surface area (Å²) in [5, 5.41) is 14.3. The van der Waals surface area contributed by atoms with Crippen molar-refractivity contribution in [2.75, 3.05) is 0 Å². The van der Waals surface area contributed by atoms with Crippen LogP contribution < -0.4 is 5.43 Å². The summed E-state index contributed by atoms with van der Waals surface area (Å²) in [6, 6.07) is -3.47. The maximum Gasteiger partial charge on any atom is 0.319 e. The molecule has 1 aromatic rings. The van der Waals surface area contributed by atoms with Crippen LogP contribution in [0.25, 0.3) is 0 Å². The lowest BCUT2D eigenvalue weighted by molar-refractivity contribution is -0.154. The minimum absolute atomic E-state index is 0.0816. The highest BCUT2D eigenvalue weighted by Gasteiger charge is 2.51. The first-order valence-electron chi connectivity index (χ1n) is 5.83. The Balaban J connectivity index is 1.77. The van der Waals surface area contributed by atoms with Crippen LogP contribution in [-0.4, -0.2) is 37.7 Å². The molecule has 17 heavy (non-hydrogen) atoms. The monoisotopic (exact) mass is 244 g/mol. The first kappa shape index (κ1) is 11.0. The minimum atomic E-state index is -2.83. The van der Waals surface area contributed by atoms with E-state index in [4.69, 9.17) is 0 Å². The molecule has 0 bridgehead atoms. The van der Waals surface area contributed by atoms with Gasteiger partial charge in [-0.05, 0) is 12.8 Å². The van der Waals surface area contributed by atoms with E-state index < -0.39 is 12.1 Å². The minimum Gasteiger partial charge on any atom is -0.239 e. The van der Waals surface area contributed by atoms with E-state index in [1.807, 2.05) is 0 Å². The van der Waals surface area contributed by atoms with Gasteiger partial charge >= 0.3 is 6.05 Å². The quantitative estimate of drug-likeness (QED) is 0.759. The maximum absolute atomic E-state index is 13.9. The molecule has 1 aromatic heterocycles. The highest BCUT2D eigenvalue weighted by molar-refractivity contribution is 4.98. The lowest BCUT2D eigenvalue weighted by Gasteiger charge is -2.28. The number of hydrogen-bond donors (Lipinski definition) is 2. The van der Waals surface area contributed by atoms with E-state index in [-0.39, 0.29) is 12.5 Å². The van der Waals surface area contributed by atoms with Crippen LogP contribution in [0.2, 0.25) is 0 Å². The molecule has 6 nitrogen and oxygen atoms in total. The highest BCUT2D eigenvalue weighted by atomic mass is 19.3. The van der Waals surface area contributed by atoms with E-state index in [2.05, 4.69) is 26.0 Å². The zero-order valence-corrected chi connectivity index (χ0v) is 9.24. The van der Waals surface area contributed by atoms with Crippen molar-refractivity contribution < 1.29 is 8.78 Å². The number of hydrogen-bond acceptors (Lipinski definition) is 5. The molecular weight excluding hydrogens is 230 g/mol. The van der Waals surface area contributed by atoms with Gasteiger partial charge in [-0.2, -0.15) is 19.0 Å². The number of aromatic nitrogens is 4. The van der Waals surface area contributed by atoms with E-state index in [1.54, 1.807) is 0 Å². The molecule has 1 atom stereocenters. The smallest absolute Gasteiger partial charge is 0.239 e. The first-order valence-corrected chi connectivity index (χ1v) is 5.83. The van der Waals surface area contributed by atoms with Crippen LogP contribution in [0, 0.1) is 0 Å². The van der Waals surface area contributed by atoms with Crippen molar-refractivity contribution in [1.29, 1.82) is 0 Å².